The molecule has 0 atom stereocenters. The molecule has 0 radical (unpaired) electrons. The Bertz CT molecular complexity index is 803. The fourth-order valence-electron chi connectivity index (χ4n) is 2.43. The predicted molar refractivity (Wildman–Crippen MR) is 85.8 cm³/mol. The molecule has 0 saturated carbocycles. The van der Waals surface area contributed by atoms with Crippen molar-refractivity contribution in [2.75, 3.05) is 0 Å². The molecule has 2 aromatic carbocycles. The topological polar surface area (TPSA) is 30.7 Å². The van der Waals surface area contributed by atoms with E-state index in [1.807, 2.05) is 24.3 Å². The first-order valence-corrected chi connectivity index (χ1v) is 7.66. The second-order valence-corrected chi connectivity index (χ2v) is 5.50. The van der Waals surface area contributed by atoms with E-state index in [1.54, 1.807) is 0 Å². The number of benzene rings is 2. The normalized spacial score (nSPS) is 11.7. The van der Waals surface area contributed by atoms with Gasteiger partial charge in [-0.2, -0.15) is 13.2 Å². The van der Waals surface area contributed by atoms with Crippen molar-refractivity contribution in [2.45, 2.75) is 25.9 Å². The molecule has 0 amide bonds. The zero-order valence-electron chi connectivity index (χ0n) is 13.1. The molecule has 0 aliphatic heterocycles. The fraction of sp³-hybridized carbons (Fsp3) is 0.222. The highest BCUT2D eigenvalue weighted by atomic mass is 19.4. The summed E-state index contributed by atoms with van der Waals surface area (Å²) in [5.74, 6) is 0.540. The van der Waals surface area contributed by atoms with E-state index in [-0.39, 0.29) is 0 Å². The summed E-state index contributed by atoms with van der Waals surface area (Å²) < 4.78 is 39.3. The van der Waals surface area contributed by atoms with Crippen molar-refractivity contribution in [1.29, 1.82) is 0 Å². The summed E-state index contributed by atoms with van der Waals surface area (Å²) in [6.07, 6.45) is -0.738. The molecular weight excluding hydrogens is 315 g/mol. The Morgan fingerprint density at radius 1 is 0.958 bits per heavy atom. The van der Waals surface area contributed by atoms with Gasteiger partial charge >= 0.3 is 6.18 Å². The molecule has 3 aromatic rings. The molecule has 0 spiro atoms. The van der Waals surface area contributed by atoms with E-state index in [0.717, 1.165) is 30.5 Å². The summed E-state index contributed by atoms with van der Waals surface area (Å²) in [5.41, 5.74) is 1.98. The Balaban J connectivity index is 1.82. The molecule has 0 aliphatic rings. The monoisotopic (exact) mass is 331 g/mol. The molecule has 3 rings (SSSR count). The molecule has 0 N–H and O–H groups in total. The van der Waals surface area contributed by atoms with Crippen LogP contribution >= 0.6 is 0 Å². The van der Waals surface area contributed by atoms with Gasteiger partial charge in [-0.3, -0.25) is 0 Å². The van der Waals surface area contributed by atoms with E-state index >= 15 is 0 Å². The number of hydrogen-bond acceptors (Lipinski definition) is 2. The van der Waals surface area contributed by atoms with E-state index < -0.39 is 11.7 Å². The number of aryl methyl sites for hydroxylation is 1. The van der Waals surface area contributed by atoms with Gasteiger partial charge in [-0.05, 0) is 36.2 Å². The van der Waals surface area contributed by atoms with Gasteiger partial charge in [-0.15, -0.1) is 5.10 Å². The van der Waals surface area contributed by atoms with Gasteiger partial charge in [0, 0.05) is 5.56 Å². The van der Waals surface area contributed by atoms with Crippen molar-refractivity contribution in [3.05, 3.63) is 66.0 Å². The largest absolute Gasteiger partial charge is 0.416 e. The molecule has 124 valence electrons. The summed E-state index contributed by atoms with van der Waals surface area (Å²) >= 11 is 0. The predicted octanol–water partition coefficient (Wildman–Crippen LogP) is 4.91. The Labute approximate surface area is 137 Å². The molecule has 0 unspecified atom stereocenters. The average Bonchev–Trinajstić information content (AvgIpc) is 3.05. The number of nitrogens with zero attached hydrogens (tertiary/aromatic N) is 3. The lowest BCUT2D eigenvalue weighted by Gasteiger charge is -2.07. The third-order valence-electron chi connectivity index (χ3n) is 3.70. The van der Waals surface area contributed by atoms with Gasteiger partial charge in [0.25, 0.3) is 0 Å². The van der Waals surface area contributed by atoms with Crippen LogP contribution in [0, 0.1) is 0 Å². The highest BCUT2D eigenvalue weighted by molar-refractivity contribution is 5.55. The standard InChI is InChI=1S/C18H16F3N3/c1-2-3-13-4-6-14(7-5-13)17-22-12-24(23-17)16-10-8-15(9-11-16)18(19,20)21/h4-12H,2-3H2,1H3. The maximum absolute atomic E-state index is 12.6. The molecule has 0 aliphatic carbocycles. The van der Waals surface area contributed by atoms with E-state index in [1.165, 1.54) is 28.7 Å². The Hall–Kier alpha value is -2.63. The second-order valence-electron chi connectivity index (χ2n) is 5.50. The maximum atomic E-state index is 12.6. The van der Waals surface area contributed by atoms with E-state index in [4.69, 9.17) is 0 Å². The van der Waals surface area contributed by atoms with Crippen LogP contribution in [0.5, 0.6) is 0 Å². The number of hydrogen-bond donors (Lipinski definition) is 0. The van der Waals surface area contributed by atoms with E-state index in [0.29, 0.717) is 11.5 Å². The fourth-order valence-corrected chi connectivity index (χ4v) is 2.43. The van der Waals surface area contributed by atoms with Crippen molar-refractivity contribution in [3.8, 4) is 17.1 Å². The molecule has 0 saturated heterocycles. The van der Waals surface area contributed by atoms with Crippen LogP contribution in [0.15, 0.2) is 54.9 Å². The van der Waals surface area contributed by atoms with Crippen molar-refractivity contribution < 1.29 is 13.2 Å². The van der Waals surface area contributed by atoms with Gasteiger partial charge < -0.3 is 0 Å². The summed E-state index contributed by atoms with van der Waals surface area (Å²) in [6.45, 7) is 2.13. The maximum Gasteiger partial charge on any atom is 0.416 e. The van der Waals surface area contributed by atoms with E-state index in [2.05, 4.69) is 17.0 Å². The molecule has 6 heteroatoms. The van der Waals surface area contributed by atoms with Gasteiger partial charge in [0.2, 0.25) is 0 Å². The molecule has 0 fully saturated rings. The lowest BCUT2D eigenvalue weighted by molar-refractivity contribution is -0.137. The first-order chi connectivity index (χ1) is 11.5. The highest BCUT2D eigenvalue weighted by Gasteiger charge is 2.30. The van der Waals surface area contributed by atoms with Crippen molar-refractivity contribution in [3.63, 3.8) is 0 Å². The highest BCUT2D eigenvalue weighted by Crippen LogP contribution is 2.29. The minimum absolute atomic E-state index is 0.532. The van der Waals surface area contributed by atoms with Gasteiger partial charge in [0.05, 0.1) is 11.3 Å². The summed E-state index contributed by atoms with van der Waals surface area (Å²) in [4.78, 5) is 4.24. The number of alkyl halides is 3. The lowest BCUT2D eigenvalue weighted by Crippen LogP contribution is -2.05. The third kappa shape index (κ3) is 3.48. The van der Waals surface area contributed by atoms with Gasteiger partial charge in [-0.1, -0.05) is 37.6 Å². The van der Waals surface area contributed by atoms with Crippen LogP contribution in [-0.4, -0.2) is 14.8 Å². The minimum atomic E-state index is -4.34. The third-order valence-corrected chi connectivity index (χ3v) is 3.70. The molecule has 1 aromatic heterocycles. The number of halogens is 3. The van der Waals surface area contributed by atoms with Crippen LogP contribution in [0.4, 0.5) is 13.2 Å². The lowest BCUT2D eigenvalue weighted by atomic mass is 10.1. The first-order valence-electron chi connectivity index (χ1n) is 7.66. The second kappa shape index (κ2) is 6.47. The van der Waals surface area contributed by atoms with Gasteiger partial charge in [0.15, 0.2) is 5.82 Å². The molecule has 1 heterocycles. The van der Waals surface area contributed by atoms with Crippen LogP contribution in [0.2, 0.25) is 0 Å². The SMILES string of the molecule is CCCc1ccc(-c2ncn(-c3ccc(C(F)(F)F)cc3)n2)cc1. The smallest absolute Gasteiger partial charge is 0.220 e. The van der Waals surface area contributed by atoms with Gasteiger partial charge in [-0.25, -0.2) is 9.67 Å². The minimum Gasteiger partial charge on any atom is -0.220 e. The van der Waals surface area contributed by atoms with Crippen LogP contribution in [-0.2, 0) is 12.6 Å². The summed E-state index contributed by atoms with van der Waals surface area (Å²) in [5, 5.41) is 4.34. The van der Waals surface area contributed by atoms with Crippen molar-refractivity contribution in [2.24, 2.45) is 0 Å². The summed E-state index contributed by atoms with van der Waals surface area (Å²) in [7, 11) is 0. The molecule has 0 bridgehead atoms. The van der Waals surface area contributed by atoms with Crippen LogP contribution < -0.4 is 0 Å². The average molecular weight is 331 g/mol. The van der Waals surface area contributed by atoms with Gasteiger partial charge in [0.1, 0.15) is 6.33 Å². The number of rotatable bonds is 4. The van der Waals surface area contributed by atoms with Crippen molar-refractivity contribution >= 4 is 0 Å². The molecule has 24 heavy (non-hydrogen) atoms. The number of aromatic nitrogens is 3. The Kier molecular flexibility index (Phi) is 4.38. The quantitative estimate of drug-likeness (QED) is 0.680. The summed E-state index contributed by atoms with van der Waals surface area (Å²) in [6, 6.07) is 12.8. The zero-order valence-corrected chi connectivity index (χ0v) is 13.1. The van der Waals surface area contributed by atoms with Crippen molar-refractivity contribution in [1.82, 2.24) is 14.8 Å². The Morgan fingerprint density at radius 3 is 2.21 bits per heavy atom. The molecular formula is C18H16F3N3. The Morgan fingerprint density at radius 2 is 1.62 bits per heavy atom. The molecule has 3 nitrogen and oxygen atoms in total. The van der Waals surface area contributed by atoms with E-state index in [9.17, 15) is 13.2 Å². The van der Waals surface area contributed by atoms with Crippen LogP contribution in [0.3, 0.4) is 0 Å². The van der Waals surface area contributed by atoms with Crippen LogP contribution in [0.25, 0.3) is 17.1 Å². The van der Waals surface area contributed by atoms with Crippen LogP contribution in [0.1, 0.15) is 24.5 Å². The first kappa shape index (κ1) is 16.2. The zero-order chi connectivity index (χ0) is 17.2.